The molecule has 2 nitrogen and oxygen atoms in total. The monoisotopic (exact) mass is 800 g/mol. The summed E-state index contributed by atoms with van der Waals surface area (Å²) in [4.78, 5) is 0. The van der Waals surface area contributed by atoms with E-state index in [2.05, 4.69) is 95.3 Å². The molecular weight excluding hydrogens is 732 g/mol. The Morgan fingerprint density at radius 1 is 0.391 bits per heavy atom. The molecule has 0 aliphatic heterocycles. The summed E-state index contributed by atoms with van der Waals surface area (Å²) < 4.78 is 4.99. The molecule has 266 valence electrons. The van der Waals surface area contributed by atoms with Gasteiger partial charge in [-0.05, 0) is 37.8 Å². The van der Waals surface area contributed by atoms with Gasteiger partial charge in [0.1, 0.15) is 13.1 Å². The predicted molar refractivity (Wildman–Crippen MR) is 197 cm³/mol. The van der Waals surface area contributed by atoms with Crippen LogP contribution < -0.4 is 43.1 Å². The van der Waals surface area contributed by atoms with Crippen LogP contribution >= 0.6 is 23.5 Å². The highest BCUT2D eigenvalue weighted by Gasteiger charge is 2.11. The Kier molecular flexibility index (Phi) is 34.8. The number of unbranched alkanes of at least 4 members (excludes halogenated alkanes) is 21. The van der Waals surface area contributed by atoms with Gasteiger partial charge in [-0.2, -0.15) is 9.13 Å². The van der Waals surface area contributed by atoms with E-state index < -0.39 is 0 Å². The molecule has 0 atom stereocenters. The number of aryl methyl sites for hydroxylation is 2. The fourth-order valence-electron chi connectivity index (χ4n) is 6.00. The van der Waals surface area contributed by atoms with Crippen LogP contribution in [0.15, 0.2) is 58.8 Å². The average Bonchev–Trinajstić information content (AvgIpc) is 3.05. The molecule has 0 bridgehead atoms. The summed E-state index contributed by atoms with van der Waals surface area (Å²) in [5, 5.41) is 2.91. The van der Waals surface area contributed by atoms with E-state index in [-0.39, 0.29) is 34.0 Å². The molecule has 2 aromatic rings. The van der Waals surface area contributed by atoms with E-state index in [1.165, 1.54) is 189 Å². The third-order valence-electron chi connectivity index (χ3n) is 8.84. The lowest BCUT2D eigenvalue weighted by molar-refractivity contribution is -0.733. The van der Waals surface area contributed by atoms with Crippen molar-refractivity contribution in [2.24, 2.45) is 0 Å². The summed E-state index contributed by atoms with van der Waals surface area (Å²) in [6, 6.07) is 13.5. The number of hydrogen-bond donors (Lipinski definition) is 0. The Morgan fingerprint density at radius 3 is 1.04 bits per heavy atom. The van der Waals surface area contributed by atoms with Gasteiger partial charge in [0.15, 0.2) is 12.4 Å². The smallest absolute Gasteiger partial charge is 0.240 e. The van der Waals surface area contributed by atoms with E-state index in [9.17, 15) is 0 Å². The van der Waals surface area contributed by atoms with E-state index in [1.807, 2.05) is 0 Å². The molecule has 0 aliphatic rings. The first kappa shape index (κ1) is 46.0. The van der Waals surface area contributed by atoms with Gasteiger partial charge in [-0.3, -0.25) is 0 Å². The number of rotatable bonds is 31. The van der Waals surface area contributed by atoms with Crippen molar-refractivity contribution in [2.75, 3.05) is 11.5 Å². The minimum absolute atomic E-state index is 0. The highest BCUT2D eigenvalue weighted by molar-refractivity contribution is 7.99. The van der Waals surface area contributed by atoms with Crippen LogP contribution in [0.25, 0.3) is 0 Å². The SMILES string of the molecule is CCCCCCCCCCCC[n+]1ccccc1SCCCCCCSc1cccc[n+]1CCCCCCCCCCCC.[Br-].[Br-]. The maximum absolute atomic E-state index is 2.50. The van der Waals surface area contributed by atoms with Gasteiger partial charge in [-0.25, -0.2) is 0 Å². The zero-order chi connectivity index (χ0) is 31.2. The van der Waals surface area contributed by atoms with Gasteiger partial charge in [0.2, 0.25) is 10.1 Å². The quantitative estimate of drug-likeness (QED) is 0.0486. The third kappa shape index (κ3) is 25.0. The third-order valence-corrected chi connectivity index (χ3v) is 11.2. The van der Waals surface area contributed by atoms with Crippen molar-refractivity contribution in [3.05, 3.63) is 48.8 Å². The maximum atomic E-state index is 2.50. The molecule has 0 fully saturated rings. The summed E-state index contributed by atoms with van der Waals surface area (Å²) in [5.41, 5.74) is 0. The molecule has 2 rings (SSSR count). The maximum Gasteiger partial charge on any atom is 0.240 e. The number of aromatic nitrogens is 2. The highest BCUT2D eigenvalue weighted by atomic mass is 79.9. The van der Waals surface area contributed by atoms with Gasteiger partial charge in [0.05, 0.1) is 0 Å². The number of thioether (sulfide) groups is 2. The first-order chi connectivity index (χ1) is 21.8. The van der Waals surface area contributed by atoms with E-state index in [1.54, 1.807) is 0 Å². The van der Waals surface area contributed by atoms with Gasteiger partial charge in [-0.15, -0.1) is 0 Å². The highest BCUT2D eigenvalue weighted by Crippen LogP contribution is 2.19. The number of pyridine rings is 2. The summed E-state index contributed by atoms with van der Waals surface area (Å²) in [6.45, 7) is 6.95. The predicted octanol–water partition coefficient (Wildman–Crippen LogP) is 6.56. The molecule has 0 radical (unpaired) electrons. The normalized spacial score (nSPS) is 10.9. The van der Waals surface area contributed by atoms with Crippen LogP contribution in [-0.2, 0) is 13.1 Å². The van der Waals surface area contributed by atoms with Crippen molar-refractivity contribution in [3.8, 4) is 0 Å². The number of hydrogen-bond acceptors (Lipinski definition) is 2. The lowest BCUT2D eigenvalue weighted by Crippen LogP contribution is -3.00. The largest absolute Gasteiger partial charge is 1.00 e. The summed E-state index contributed by atoms with van der Waals surface area (Å²) in [6.07, 6.45) is 38.1. The molecule has 0 aliphatic carbocycles. The Labute approximate surface area is 316 Å². The van der Waals surface area contributed by atoms with E-state index in [0.717, 1.165) is 0 Å². The van der Waals surface area contributed by atoms with Crippen molar-refractivity contribution < 1.29 is 43.1 Å². The molecule has 6 heteroatoms. The molecule has 0 spiro atoms. The summed E-state index contributed by atoms with van der Waals surface area (Å²) in [7, 11) is 0. The molecular formula is C40H70Br2N2S2. The van der Waals surface area contributed by atoms with Crippen molar-refractivity contribution in [3.63, 3.8) is 0 Å². The van der Waals surface area contributed by atoms with E-state index in [4.69, 9.17) is 0 Å². The second-order valence-electron chi connectivity index (χ2n) is 12.9. The lowest BCUT2D eigenvalue weighted by Gasteiger charge is -2.05. The average molecular weight is 803 g/mol. The van der Waals surface area contributed by atoms with Crippen LogP contribution in [0.1, 0.15) is 168 Å². The van der Waals surface area contributed by atoms with Gasteiger partial charge < -0.3 is 34.0 Å². The molecule has 0 amide bonds. The fraction of sp³-hybridized carbons (Fsp3) is 0.750. The molecule has 0 saturated carbocycles. The topological polar surface area (TPSA) is 7.76 Å². The van der Waals surface area contributed by atoms with Crippen LogP contribution in [0.3, 0.4) is 0 Å². The molecule has 0 unspecified atom stereocenters. The van der Waals surface area contributed by atoms with Gasteiger partial charge in [-0.1, -0.05) is 153 Å². The minimum Gasteiger partial charge on any atom is -1.00 e. The Hall–Kier alpha value is -0.0400. The molecule has 2 aromatic heterocycles. The van der Waals surface area contributed by atoms with Crippen LogP contribution in [0.2, 0.25) is 0 Å². The van der Waals surface area contributed by atoms with E-state index >= 15 is 0 Å². The Bertz CT molecular complexity index is 841. The van der Waals surface area contributed by atoms with Crippen LogP contribution in [0, 0.1) is 0 Å². The molecule has 0 saturated heterocycles. The second kappa shape index (κ2) is 34.8. The van der Waals surface area contributed by atoms with Gasteiger partial charge in [0, 0.05) is 48.6 Å². The number of nitrogens with zero attached hydrogens (tertiary/aromatic N) is 2. The zero-order valence-corrected chi connectivity index (χ0v) is 34.7. The van der Waals surface area contributed by atoms with Crippen molar-refractivity contribution in [1.82, 2.24) is 0 Å². The van der Waals surface area contributed by atoms with Gasteiger partial charge in [0.25, 0.3) is 0 Å². The molecule has 0 N–H and O–H groups in total. The summed E-state index contributed by atoms with van der Waals surface area (Å²) >= 11 is 4.13. The first-order valence-corrected chi connectivity index (χ1v) is 21.0. The summed E-state index contributed by atoms with van der Waals surface area (Å²) in [5.74, 6) is 2.49. The number of halogens is 2. The molecule has 46 heavy (non-hydrogen) atoms. The van der Waals surface area contributed by atoms with Crippen molar-refractivity contribution in [1.29, 1.82) is 0 Å². The van der Waals surface area contributed by atoms with Crippen molar-refractivity contribution >= 4 is 23.5 Å². The van der Waals surface area contributed by atoms with Gasteiger partial charge >= 0.3 is 0 Å². The lowest BCUT2D eigenvalue weighted by atomic mass is 10.1. The standard InChI is InChI=1S/C40H70N2S2.2BrH/c1-3-5-7-9-11-13-15-17-19-25-33-41-35-27-23-31-39(41)43-37-29-21-22-30-38-44-40-32-24-28-36-42(40)34-26-20-18-16-14-12-10-8-6-4-2;;/h23-24,27-28,31-32,35-36H,3-22,25-26,29-30,33-34,37-38H2,1-2H3;2*1H/q+2;;/p-2. The Morgan fingerprint density at radius 2 is 0.696 bits per heavy atom. The zero-order valence-electron chi connectivity index (χ0n) is 29.9. The van der Waals surface area contributed by atoms with Crippen LogP contribution in [0.4, 0.5) is 0 Å². The Balaban J connectivity index is 0.0000101. The fourth-order valence-corrected chi connectivity index (χ4v) is 8.10. The second-order valence-corrected chi connectivity index (χ2v) is 15.2. The first-order valence-electron chi connectivity index (χ1n) is 19.1. The van der Waals surface area contributed by atoms with Crippen LogP contribution in [-0.4, -0.2) is 11.5 Å². The minimum atomic E-state index is 0. The molecule has 2 heterocycles. The van der Waals surface area contributed by atoms with Crippen LogP contribution in [0.5, 0.6) is 0 Å². The van der Waals surface area contributed by atoms with Crippen molar-refractivity contribution in [2.45, 2.75) is 191 Å². The molecule has 0 aromatic carbocycles. The van der Waals surface area contributed by atoms with E-state index in [0.29, 0.717) is 0 Å².